The molecule has 0 radical (unpaired) electrons. The third kappa shape index (κ3) is 2.90. The number of carboxylic acid groups (broad SMARTS) is 1. The molecular weight excluding hydrogens is 264 g/mol. The third-order valence-electron chi connectivity index (χ3n) is 3.81. The van der Waals surface area contributed by atoms with Gasteiger partial charge >= 0.3 is 5.97 Å². The maximum absolute atomic E-state index is 11.4. The lowest BCUT2D eigenvalue weighted by atomic mass is 10.0. The second kappa shape index (κ2) is 5.97. The highest BCUT2D eigenvalue weighted by Gasteiger charge is 2.28. The molecular formula is C17H18N2O2. The Balaban J connectivity index is 1.93. The first kappa shape index (κ1) is 13.6. The zero-order valence-electron chi connectivity index (χ0n) is 11.7. The van der Waals surface area contributed by atoms with Crippen LogP contribution in [0.3, 0.4) is 0 Å². The monoisotopic (exact) mass is 282 g/mol. The Morgan fingerprint density at radius 3 is 2.62 bits per heavy atom. The lowest BCUT2D eigenvalue weighted by Gasteiger charge is -2.35. The first-order valence-corrected chi connectivity index (χ1v) is 7.11. The summed E-state index contributed by atoms with van der Waals surface area (Å²) in [6.45, 7) is 1.99. The SMILES string of the molecule is O=C(O)C1CNCCN1c1cccc(-c2ccccc2)c1. The highest BCUT2D eigenvalue weighted by atomic mass is 16.4. The number of hydrogen-bond acceptors (Lipinski definition) is 3. The summed E-state index contributed by atoms with van der Waals surface area (Å²) < 4.78 is 0. The molecule has 2 aromatic rings. The van der Waals surface area contributed by atoms with Crippen molar-refractivity contribution in [1.82, 2.24) is 5.32 Å². The number of nitrogens with one attached hydrogen (secondary N) is 1. The van der Waals surface area contributed by atoms with E-state index in [0.29, 0.717) is 13.1 Å². The molecule has 1 aliphatic heterocycles. The summed E-state index contributed by atoms with van der Waals surface area (Å²) in [6.07, 6.45) is 0. The van der Waals surface area contributed by atoms with Gasteiger partial charge in [0.25, 0.3) is 0 Å². The topological polar surface area (TPSA) is 52.6 Å². The van der Waals surface area contributed by atoms with Gasteiger partial charge in [0.05, 0.1) is 0 Å². The van der Waals surface area contributed by atoms with Gasteiger partial charge in [0.2, 0.25) is 0 Å². The molecule has 1 atom stereocenters. The van der Waals surface area contributed by atoms with Crippen molar-refractivity contribution < 1.29 is 9.90 Å². The molecule has 1 heterocycles. The van der Waals surface area contributed by atoms with Crippen molar-refractivity contribution in [2.24, 2.45) is 0 Å². The molecule has 4 nitrogen and oxygen atoms in total. The highest BCUT2D eigenvalue weighted by molar-refractivity contribution is 5.80. The third-order valence-corrected chi connectivity index (χ3v) is 3.81. The fourth-order valence-corrected chi connectivity index (χ4v) is 2.73. The van der Waals surface area contributed by atoms with E-state index in [0.717, 1.165) is 23.4 Å². The van der Waals surface area contributed by atoms with Crippen molar-refractivity contribution in [2.75, 3.05) is 24.5 Å². The van der Waals surface area contributed by atoms with Gasteiger partial charge < -0.3 is 15.3 Å². The minimum absolute atomic E-state index is 0.477. The minimum atomic E-state index is -0.785. The fourth-order valence-electron chi connectivity index (χ4n) is 2.73. The van der Waals surface area contributed by atoms with Crippen molar-refractivity contribution in [3.8, 4) is 11.1 Å². The molecule has 1 aliphatic rings. The van der Waals surface area contributed by atoms with Gasteiger partial charge in [-0.15, -0.1) is 0 Å². The molecule has 0 aromatic heterocycles. The lowest BCUT2D eigenvalue weighted by molar-refractivity contribution is -0.138. The number of rotatable bonds is 3. The van der Waals surface area contributed by atoms with Gasteiger partial charge in [0.1, 0.15) is 6.04 Å². The van der Waals surface area contributed by atoms with Gasteiger partial charge in [-0.2, -0.15) is 0 Å². The average Bonchev–Trinajstić information content (AvgIpc) is 2.56. The Morgan fingerprint density at radius 2 is 1.86 bits per heavy atom. The van der Waals surface area contributed by atoms with E-state index in [1.54, 1.807) is 0 Å². The second-order valence-electron chi connectivity index (χ2n) is 5.17. The molecule has 1 saturated heterocycles. The normalized spacial score (nSPS) is 18.5. The summed E-state index contributed by atoms with van der Waals surface area (Å²) in [5.41, 5.74) is 3.21. The van der Waals surface area contributed by atoms with E-state index in [4.69, 9.17) is 0 Å². The fraction of sp³-hybridized carbons (Fsp3) is 0.235. The number of aliphatic carboxylic acids is 1. The highest BCUT2D eigenvalue weighted by Crippen LogP contribution is 2.26. The smallest absolute Gasteiger partial charge is 0.327 e. The van der Waals surface area contributed by atoms with Crippen LogP contribution in [0.1, 0.15) is 0 Å². The molecule has 2 aromatic carbocycles. The van der Waals surface area contributed by atoms with Crippen LogP contribution in [0.2, 0.25) is 0 Å². The molecule has 0 bridgehead atoms. The molecule has 108 valence electrons. The van der Waals surface area contributed by atoms with Gasteiger partial charge in [-0.05, 0) is 23.3 Å². The van der Waals surface area contributed by atoms with Gasteiger partial charge in [0.15, 0.2) is 0 Å². The van der Waals surface area contributed by atoms with Gasteiger partial charge in [0, 0.05) is 25.3 Å². The van der Waals surface area contributed by atoms with Crippen molar-refractivity contribution in [2.45, 2.75) is 6.04 Å². The first-order chi connectivity index (χ1) is 10.3. The molecule has 0 saturated carbocycles. The van der Waals surface area contributed by atoms with Crippen molar-refractivity contribution in [3.05, 3.63) is 54.6 Å². The van der Waals surface area contributed by atoms with Gasteiger partial charge in [-0.3, -0.25) is 0 Å². The van der Waals surface area contributed by atoms with Crippen LogP contribution in [-0.2, 0) is 4.79 Å². The number of anilines is 1. The van der Waals surface area contributed by atoms with Crippen LogP contribution in [0.4, 0.5) is 5.69 Å². The van der Waals surface area contributed by atoms with Crippen LogP contribution < -0.4 is 10.2 Å². The maximum Gasteiger partial charge on any atom is 0.327 e. The number of carboxylic acids is 1. The second-order valence-corrected chi connectivity index (χ2v) is 5.17. The van der Waals surface area contributed by atoms with E-state index in [9.17, 15) is 9.90 Å². The van der Waals surface area contributed by atoms with Crippen LogP contribution in [0, 0.1) is 0 Å². The molecule has 2 N–H and O–H groups in total. The summed E-state index contributed by atoms with van der Waals surface area (Å²) >= 11 is 0. The molecule has 0 aliphatic carbocycles. The quantitative estimate of drug-likeness (QED) is 0.906. The van der Waals surface area contributed by atoms with Gasteiger partial charge in [-0.1, -0.05) is 42.5 Å². The summed E-state index contributed by atoms with van der Waals surface area (Å²) in [7, 11) is 0. The Hall–Kier alpha value is -2.33. The summed E-state index contributed by atoms with van der Waals surface area (Å²) in [5.74, 6) is -0.785. The molecule has 3 rings (SSSR count). The first-order valence-electron chi connectivity index (χ1n) is 7.11. The predicted molar refractivity (Wildman–Crippen MR) is 83.5 cm³/mol. The average molecular weight is 282 g/mol. The molecule has 0 spiro atoms. The van der Waals surface area contributed by atoms with E-state index in [1.165, 1.54) is 0 Å². The standard InChI is InChI=1S/C17H18N2O2/c20-17(21)16-12-18-9-10-19(16)15-8-4-7-14(11-15)13-5-2-1-3-6-13/h1-8,11,16,18H,9-10,12H2,(H,20,21). The van der Waals surface area contributed by atoms with Crippen LogP contribution in [-0.4, -0.2) is 36.8 Å². The number of piperazine rings is 1. The zero-order chi connectivity index (χ0) is 14.7. The summed E-state index contributed by atoms with van der Waals surface area (Å²) in [6, 6.07) is 17.7. The Morgan fingerprint density at radius 1 is 1.10 bits per heavy atom. The number of nitrogens with zero attached hydrogens (tertiary/aromatic N) is 1. The van der Waals surface area contributed by atoms with E-state index >= 15 is 0 Å². The Kier molecular flexibility index (Phi) is 3.88. The molecule has 4 heteroatoms. The van der Waals surface area contributed by atoms with Crippen LogP contribution in [0.25, 0.3) is 11.1 Å². The number of hydrogen-bond donors (Lipinski definition) is 2. The van der Waals surface area contributed by atoms with Crippen molar-refractivity contribution in [1.29, 1.82) is 0 Å². The largest absolute Gasteiger partial charge is 0.480 e. The van der Waals surface area contributed by atoms with Crippen molar-refractivity contribution in [3.63, 3.8) is 0 Å². The van der Waals surface area contributed by atoms with E-state index in [-0.39, 0.29) is 0 Å². The minimum Gasteiger partial charge on any atom is -0.480 e. The Bertz CT molecular complexity index is 628. The number of benzene rings is 2. The van der Waals surface area contributed by atoms with Crippen LogP contribution in [0.15, 0.2) is 54.6 Å². The van der Waals surface area contributed by atoms with E-state index in [2.05, 4.69) is 29.6 Å². The number of carbonyl (C=O) groups is 1. The molecule has 1 unspecified atom stereocenters. The Labute approximate surface area is 124 Å². The zero-order valence-corrected chi connectivity index (χ0v) is 11.7. The predicted octanol–water partition coefficient (Wildman–Crippen LogP) is 2.22. The molecule has 1 fully saturated rings. The van der Waals surface area contributed by atoms with Gasteiger partial charge in [-0.25, -0.2) is 4.79 Å². The summed E-state index contributed by atoms with van der Waals surface area (Å²) in [4.78, 5) is 13.4. The molecule has 21 heavy (non-hydrogen) atoms. The van der Waals surface area contributed by atoms with E-state index < -0.39 is 12.0 Å². The lowest BCUT2D eigenvalue weighted by Crippen LogP contribution is -2.55. The molecule has 0 amide bonds. The maximum atomic E-state index is 11.4. The van der Waals surface area contributed by atoms with Crippen LogP contribution >= 0.6 is 0 Å². The summed E-state index contributed by atoms with van der Waals surface area (Å²) in [5, 5.41) is 12.5. The van der Waals surface area contributed by atoms with Crippen LogP contribution in [0.5, 0.6) is 0 Å². The van der Waals surface area contributed by atoms with E-state index in [1.807, 2.05) is 35.2 Å². The van der Waals surface area contributed by atoms with Crippen molar-refractivity contribution >= 4 is 11.7 Å².